The van der Waals surface area contributed by atoms with Gasteiger partial charge in [0.25, 0.3) is 0 Å². The first-order valence-corrected chi connectivity index (χ1v) is 5.45. The molecule has 0 heterocycles. The number of halogens is 1. The molecule has 2 aromatic rings. The number of Topliss-reactive ketones (excluding diaryl/α,β-unsaturated/α-hetero) is 1. The highest BCUT2D eigenvalue weighted by molar-refractivity contribution is 5.95. The molecule has 0 aliphatic heterocycles. The molecule has 0 fully saturated rings. The minimum Gasteiger partial charge on any atom is -0.295 e. The van der Waals surface area contributed by atoms with Crippen molar-refractivity contribution in [1.29, 1.82) is 0 Å². The first kappa shape index (κ1) is 11.5. The molecule has 0 saturated heterocycles. The van der Waals surface area contributed by atoms with E-state index in [4.69, 9.17) is 0 Å². The molecule has 17 heavy (non-hydrogen) atoms. The molecule has 0 radical (unpaired) electrons. The predicted molar refractivity (Wildman–Crippen MR) is 66.6 cm³/mol. The van der Waals surface area contributed by atoms with E-state index in [0.717, 1.165) is 11.1 Å². The molecule has 86 valence electrons. The summed E-state index contributed by atoms with van der Waals surface area (Å²) in [4.78, 5) is 11.3. The van der Waals surface area contributed by atoms with Crippen molar-refractivity contribution >= 4 is 5.78 Å². The molecule has 0 unspecified atom stereocenters. The zero-order valence-corrected chi connectivity index (χ0v) is 9.83. The predicted octanol–water partition coefficient (Wildman–Crippen LogP) is 4.00. The molecule has 0 N–H and O–H groups in total. The van der Waals surface area contributed by atoms with E-state index in [0.29, 0.717) is 11.1 Å². The second kappa shape index (κ2) is 4.50. The summed E-state index contributed by atoms with van der Waals surface area (Å²) in [7, 11) is 0. The fourth-order valence-electron chi connectivity index (χ4n) is 1.74. The molecule has 0 aliphatic carbocycles. The molecule has 0 atom stereocenters. The second-order valence-electron chi connectivity index (χ2n) is 4.10. The molecular weight excluding hydrogens is 215 g/mol. The fraction of sp³-hybridized carbons (Fsp3) is 0.133. The number of carbonyl (C=O) groups is 1. The molecule has 2 aromatic carbocycles. The highest BCUT2D eigenvalue weighted by Gasteiger charge is 2.04. The molecule has 2 heteroatoms. The van der Waals surface area contributed by atoms with Gasteiger partial charge in [0.1, 0.15) is 5.82 Å². The van der Waals surface area contributed by atoms with Crippen LogP contribution in [0.4, 0.5) is 4.39 Å². The van der Waals surface area contributed by atoms with Crippen LogP contribution in [-0.2, 0) is 0 Å². The maximum atomic E-state index is 13.2. The maximum absolute atomic E-state index is 13.2. The summed E-state index contributed by atoms with van der Waals surface area (Å²) in [5.74, 6) is -0.179. The van der Waals surface area contributed by atoms with Crippen molar-refractivity contribution in [2.24, 2.45) is 0 Å². The number of ketones is 1. The van der Waals surface area contributed by atoms with Gasteiger partial charge in [0.2, 0.25) is 0 Å². The summed E-state index contributed by atoms with van der Waals surface area (Å²) >= 11 is 0. The van der Waals surface area contributed by atoms with Gasteiger partial charge in [-0.2, -0.15) is 0 Å². The van der Waals surface area contributed by atoms with Crippen LogP contribution >= 0.6 is 0 Å². The standard InChI is InChI=1S/C15H13FO/c1-10-8-14(6-7-15(10)16)13-5-3-4-12(9-13)11(2)17/h3-9H,1-2H3. The topological polar surface area (TPSA) is 17.1 Å². The van der Waals surface area contributed by atoms with E-state index in [9.17, 15) is 9.18 Å². The van der Waals surface area contributed by atoms with Crippen LogP contribution in [0.25, 0.3) is 11.1 Å². The SMILES string of the molecule is CC(=O)c1cccc(-c2ccc(F)c(C)c2)c1. The molecule has 0 aromatic heterocycles. The molecular formula is C15H13FO. The van der Waals surface area contributed by atoms with Crippen LogP contribution < -0.4 is 0 Å². The molecule has 0 spiro atoms. The molecule has 0 aliphatic rings. The maximum Gasteiger partial charge on any atom is 0.159 e. The molecule has 0 amide bonds. The van der Waals surface area contributed by atoms with E-state index in [-0.39, 0.29) is 11.6 Å². The Kier molecular flexibility index (Phi) is 3.05. The summed E-state index contributed by atoms with van der Waals surface area (Å²) < 4.78 is 13.2. The fourth-order valence-corrected chi connectivity index (χ4v) is 1.74. The van der Waals surface area contributed by atoms with E-state index >= 15 is 0 Å². The van der Waals surface area contributed by atoms with Crippen molar-refractivity contribution in [3.05, 3.63) is 59.4 Å². The van der Waals surface area contributed by atoms with E-state index in [1.807, 2.05) is 18.2 Å². The van der Waals surface area contributed by atoms with Gasteiger partial charge in [0, 0.05) is 5.56 Å². The third kappa shape index (κ3) is 2.41. The van der Waals surface area contributed by atoms with Gasteiger partial charge in [-0.15, -0.1) is 0 Å². The number of carbonyl (C=O) groups excluding carboxylic acids is 1. The Balaban J connectivity index is 2.49. The van der Waals surface area contributed by atoms with E-state index in [1.54, 1.807) is 25.1 Å². The molecule has 1 nitrogen and oxygen atoms in total. The van der Waals surface area contributed by atoms with Crippen LogP contribution in [0.5, 0.6) is 0 Å². The molecule has 2 rings (SSSR count). The van der Waals surface area contributed by atoms with Crippen LogP contribution in [0.15, 0.2) is 42.5 Å². The second-order valence-corrected chi connectivity index (χ2v) is 4.10. The van der Waals surface area contributed by atoms with Gasteiger partial charge in [-0.1, -0.05) is 24.3 Å². The van der Waals surface area contributed by atoms with Gasteiger partial charge in [-0.05, 0) is 48.7 Å². The average Bonchev–Trinajstić information content (AvgIpc) is 2.33. The Morgan fingerprint density at radius 1 is 1.06 bits per heavy atom. The lowest BCUT2D eigenvalue weighted by atomic mass is 10.00. The Morgan fingerprint density at radius 3 is 2.41 bits per heavy atom. The van der Waals surface area contributed by atoms with Gasteiger partial charge >= 0.3 is 0 Å². The lowest BCUT2D eigenvalue weighted by Gasteiger charge is -2.05. The zero-order valence-electron chi connectivity index (χ0n) is 9.83. The third-order valence-corrected chi connectivity index (χ3v) is 2.76. The highest BCUT2D eigenvalue weighted by Crippen LogP contribution is 2.22. The number of hydrogen-bond acceptors (Lipinski definition) is 1. The summed E-state index contributed by atoms with van der Waals surface area (Å²) in [5, 5.41) is 0. The lowest BCUT2D eigenvalue weighted by Crippen LogP contribution is -1.92. The van der Waals surface area contributed by atoms with E-state index in [1.165, 1.54) is 13.0 Å². The van der Waals surface area contributed by atoms with Gasteiger partial charge in [0.05, 0.1) is 0 Å². The van der Waals surface area contributed by atoms with E-state index < -0.39 is 0 Å². The molecule has 0 bridgehead atoms. The largest absolute Gasteiger partial charge is 0.295 e. The monoisotopic (exact) mass is 228 g/mol. The van der Waals surface area contributed by atoms with Gasteiger partial charge in [-0.3, -0.25) is 4.79 Å². The number of rotatable bonds is 2. The molecule has 0 saturated carbocycles. The van der Waals surface area contributed by atoms with Crippen molar-refractivity contribution in [1.82, 2.24) is 0 Å². The zero-order chi connectivity index (χ0) is 12.4. The van der Waals surface area contributed by atoms with Gasteiger partial charge in [0.15, 0.2) is 5.78 Å². The van der Waals surface area contributed by atoms with Crippen LogP contribution in [0.1, 0.15) is 22.8 Å². The van der Waals surface area contributed by atoms with Gasteiger partial charge in [-0.25, -0.2) is 4.39 Å². The van der Waals surface area contributed by atoms with Crippen molar-refractivity contribution in [2.75, 3.05) is 0 Å². The average molecular weight is 228 g/mol. The van der Waals surface area contributed by atoms with Crippen molar-refractivity contribution in [3.63, 3.8) is 0 Å². The Morgan fingerprint density at radius 2 is 1.76 bits per heavy atom. The van der Waals surface area contributed by atoms with Crippen LogP contribution in [0.2, 0.25) is 0 Å². The van der Waals surface area contributed by atoms with Crippen molar-refractivity contribution in [2.45, 2.75) is 13.8 Å². The minimum absolute atomic E-state index is 0.0330. The smallest absolute Gasteiger partial charge is 0.159 e. The van der Waals surface area contributed by atoms with Crippen LogP contribution in [-0.4, -0.2) is 5.78 Å². The summed E-state index contributed by atoms with van der Waals surface area (Å²) in [5.41, 5.74) is 3.13. The number of benzene rings is 2. The Hall–Kier alpha value is -1.96. The number of aryl methyl sites for hydroxylation is 1. The summed E-state index contributed by atoms with van der Waals surface area (Å²) in [6.45, 7) is 3.27. The number of hydrogen-bond donors (Lipinski definition) is 0. The van der Waals surface area contributed by atoms with Crippen molar-refractivity contribution < 1.29 is 9.18 Å². The Labute approximate surface area is 99.9 Å². The van der Waals surface area contributed by atoms with Crippen molar-refractivity contribution in [3.8, 4) is 11.1 Å². The summed E-state index contributed by atoms with van der Waals surface area (Å²) in [6, 6.07) is 12.3. The quantitative estimate of drug-likeness (QED) is 0.710. The van der Waals surface area contributed by atoms with Crippen LogP contribution in [0, 0.1) is 12.7 Å². The normalized spacial score (nSPS) is 10.3. The van der Waals surface area contributed by atoms with Gasteiger partial charge < -0.3 is 0 Å². The minimum atomic E-state index is -0.212. The third-order valence-electron chi connectivity index (χ3n) is 2.76. The van der Waals surface area contributed by atoms with Crippen LogP contribution in [0.3, 0.4) is 0 Å². The highest BCUT2D eigenvalue weighted by atomic mass is 19.1. The Bertz CT molecular complexity index is 573. The summed E-state index contributed by atoms with van der Waals surface area (Å²) in [6.07, 6.45) is 0. The lowest BCUT2D eigenvalue weighted by molar-refractivity contribution is 0.101. The first-order valence-electron chi connectivity index (χ1n) is 5.45. The van der Waals surface area contributed by atoms with E-state index in [2.05, 4.69) is 0 Å². The first-order chi connectivity index (χ1) is 8.08.